The third-order valence-corrected chi connectivity index (χ3v) is 9.75. The first kappa shape index (κ1) is 27.3. The van der Waals surface area contributed by atoms with E-state index in [0.717, 1.165) is 6.42 Å². The lowest BCUT2D eigenvalue weighted by atomic mass is 9.84. The first-order chi connectivity index (χ1) is 23.3. The van der Waals surface area contributed by atoms with Crippen molar-refractivity contribution in [3.8, 4) is 33.4 Å². The second-order valence-corrected chi connectivity index (χ2v) is 12.4. The molecule has 0 nitrogen and oxygen atoms in total. The van der Waals surface area contributed by atoms with E-state index in [-0.39, 0.29) is 0 Å². The van der Waals surface area contributed by atoms with Gasteiger partial charge in [-0.1, -0.05) is 170 Å². The molecule has 0 amide bonds. The van der Waals surface area contributed by atoms with Gasteiger partial charge in [0.25, 0.3) is 0 Å². The average molecular weight is 597 g/mol. The van der Waals surface area contributed by atoms with Gasteiger partial charge >= 0.3 is 0 Å². The molecule has 9 rings (SSSR count). The predicted octanol–water partition coefficient (Wildman–Crippen LogP) is 12.9. The van der Waals surface area contributed by atoms with Crippen LogP contribution >= 0.6 is 0 Å². The molecule has 0 saturated heterocycles. The molecule has 0 atom stereocenters. The van der Waals surface area contributed by atoms with Crippen molar-refractivity contribution in [1.82, 2.24) is 0 Å². The number of rotatable bonds is 5. The van der Waals surface area contributed by atoms with E-state index in [1.165, 1.54) is 87.6 Å². The van der Waals surface area contributed by atoms with Gasteiger partial charge in [0.15, 0.2) is 0 Å². The zero-order chi connectivity index (χ0) is 31.2. The van der Waals surface area contributed by atoms with Crippen LogP contribution in [0.25, 0.3) is 76.5 Å². The molecule has 0 aliphatic rings. The molecular formula is C47H32. The van der Waals surface area contributed by atoms with Crippen LogP contribution in [0.2, 0.25) is 0 Å². The van der Waals surface area contributed by atoms with Crippen LogP contribution < -0.4 is 0 Å². The van der Waals surface area contributed by atoms with Crippen molar-refractivity contribution < 1.29 is 0 Å². The van der Waals surface area contributed by atoms with Crippen LogP contribution in [0.15, 0.2) is 182 Å². The SMILES string of the molecule is c1ccc(-c2ccc3c(ccc4ccc(-c5c6ccccc6c(Cc6ccccc6-c6ccccc6)c6ccccc56)cc43)c2)cc1. The van der Waals surface area contributed by atoms with E-state index < -0.39 is 0 Å². The van der Waals surface area contributed by atoms with Crippen LogP contribution in [-0.2, 0) is 6.42 Å². The minimum atomic E-state index is 0.860. The Morgan fingerprint density at radius 3 is 1.57 bits per heavy atom. The lowest BCUT2D eigenvalue weighted by Gasteiger charge is -2.19. The predicted molar refractivity (Wildman–Crippen MR) is 202 cm³/mol. The van der Waals surface area contributed by atoms with Crippen LogP contribution in [0.5, 0.6) is 0 Å². The fourth-order valence-corrected chi connectivity index (χ4v) is 7.51. The maximum atomic E-state index is 2.42. The average Bonchev–Trinajstić information content (AvgIpc) is 3.15. The van der Waals surface area contributed by atoms with Crippen molar-refractivity contribution in [2.75, 3.05) is 0 Å². The summed E-state index contributed by atoms with van der Waals surface area (Å²) in [6.45, 7) is 0. The second kappa shape index (κ2) is 11.4. The van der Waals surface area contributed by atoms with Crippen LogP contribution in [0.3, 0.4) is 0 Å². The summed E-state index contributed by atoms with van der Waals surface area (Å²) in [7, 11) is 0. The lowest BCUT2D eigenvalue weighted by molar-refractivity contribution is 1.23. The first-order valence-electron chi connectivity index (χ1n) is 16.4. The van der Waals surface area contributed by atoms with Gasteiger partial charge in [0.05, 0.1) is 0 Å². The summed E-state index contributed by atoms with van der Waals surface area (Å²) in [6, 6.07) is 66.7. The zero-order valence-electron chi connectivity index (χ0n) is 26.0. The summed E-state index contributed by atoms with van der Waals surface area (Å²) in [6.07, 6.45) is 0.860. The molecule has 0 N–H and O–H groups in total. The van der Waals surface area contributed by atoms with E-state index in [4.69, 9.17) is 0 Å². The molecule has 47 heavy (non-hydrogen) atoms. The van der Waals surface area contributed by atoms with Crippen molar-refractivity contribution in [2.24, 2.45) is 0 Å². The maximum absolute atomic E-state index is 2.42. The topological polar surface area (TPSA) is 0 Å². The summed E-state index contributed by atoms with van der Waals surface area (Å²) >= 11 is 0. The molecule has 0 unspecified atom stereocenters. The molecule has 0 aliphatic carbocycles. The molecule has 0 heteroatoms. The van der Waals surface area contributed by atoms with E-state index in [2.05, 4.69) is 182 Å². The Bertz CT molecular complexity index is 2520. The first-order valence-corrected chi connectivity index (χ1v) is 16.4. The van der Waals surface area contributed by atoms with E-state index in [0.29, 0.717) is 0 Å². The highest BCUT2D eigenvalue weighted by atomic mass is 14.2. The molecule has 0 fully saturated rings. The quantitative estimate of drug-likeness (QED) is 0.137. The lowest BCUT2D eigenvalue weighted by Crippen LogP contribution is -1.97. The van der Waals surface area contributed by atoms with Crippen molar-refractivity contribution in [3.63, 3.8) is 0 Å². The summed E-state index contributed by atoms with van der Waals surface area (Å²) in [5.74, 6) is 0. The second-order valence-electron chi connectivity index (χ2n) is 12.4. The molecule has 0 heterocycles. The standard InChI is InChI=1S/C47H32/c1-3-13-32(14-4-1)35-27-28-40-37(29-35)25-23-34-24-26-38(31-45(34)40)47-43-21-11-9-19-41(43)46(42-20-10-12-22-44(42)47)30-36-17-7-8-18-39(36)33-15-5-2-6-16-33/h1-29,31H,30H2. The Labute approximate surface area is 275 Å². The van der Waals surface area contributed by atoms with Gasteiger partial charge in [-0.3, -0.25) is 0 Å². The molecule has 0 bridgehead atoms. The zero-order valence-corrected chi connectivity index (χ0v) is 26.0. The van der Waals surface area contributed by atoms with Crippen molar-refractivity contribution in [2.45, 2.75) is 6.42 Å². The third-order valence-electron chi connectivity index (χ3n) is 9.75. The van der Waals surface area contributed by atoms with Gasteiger partial charge in [0, 0.05) is 0 Å². The largest absolute Gasteiger partial charge is 0.0622 e. The molecular weight excluding hydrogens is 565 g/mol. The van der Waals surface area contributed by atoms with Gasteiger partial charge in [-0.05, 0) is 106 Å². The highest BCUT2D eigenvalue weighted by Gasteiger charge is 2.17. The Hall–Kier alpha value is -5.98. The summed E-state index contributed by atoms with van der Waals surface area (Å²) in [5.41, 5.74) is 10.3. The minimum Gasteiger partial charge on any atom is -0.0622 e. The fourth-order valence-electron chi connectivity index (χ4n) is 7.51. The van der Waals surface area contributed by atoms with E-state index >= 15 is 0 Å². The van der Waals surface area contributed by atoms with Crippen LogP contribution in [-0.4, -0.2) is 0 Å². The van der Waals surface area contributed by atoms with Crippen molar-refractivity contribution in [1.29, 1.82) is 0 Å². The van der Waals surface area contributed by atoms with Gasteiger partial charge < -0.3 is 0 Å². The monoisotopic (exact) mass is 596 g/mol. The van der Waals surface area contributed by atoms with E-state index in [9.17, 15) is 0 Å². The Morgan fingerprint density at radius 1 is 0.298 bits per heavy atom. The normalized spacial score (nSPS) is 11.5. The molecule has 0 radical (unpaired) electrons. The van der Waals surface area contributed by atoms with Crippen LogP contribution in [0.1, 0.15) is 11.1 Å². The Balaban J connectivity index is 1.25. The van der Waals surface area contributed by atoms with E-state index in [1.54, 1.807) is 0 Å². The highest BCUT2D eigenvalue weighted by Crippen LogP contribution is 2.42. The number of hydrogen-bond acceptors (Lipinski definition) is 0. The van der Waals surface area contributed by atoms with Crippen molar-refractivity contribution in [3.05, 3.63) is 193 Å². The smallest absolute Gasteiger partial charge is 0.000728 e. The van der Waals surface area contributed by atoms with Gasteiger partial charge in [-0.25, -0.2) is 0 Å². The molecule has 0 spiro atoms. The summed E-state index contributed by atoms with van der Waals surface area (Å²) in [5, 5.41) is 10.3. The number of benzene rings is 9. The Morgan fingerprint density at radius 2 is 0.851 bits per heavy atom. The minimum absolute atomic E-state index is 0.860. The van der Waals surface area contributed by atoms with E-state index in [1.807, 2.05) is 0 Å². The maximum Gasteiger partial charge on any atom is -0.000728 e. The molecule has 0 saturated carbocycles. The Kier molecular flexibility index (Phi) is 6.65. The highest BCUT2D eigenvalue weighted by molar-refractivity contribution is 6.17. The van der Waals surface area contributed by atoms with Gasteiger partial charge in [0.1, 0.15) is 0 Å². The molecule has 0 aliphatic heterocycles. The summed E-state index contributed by atoms with van der Waals surface area (Å²) < 4.78 is 0. The van der Waals surface area contributed by atoms with Crippen LogP contribution in [0, 0.1) is 0 Å². The summed E-state index contributed by atoms with van der Waals surface area (Å²) in [4.78, 5) is 0. The van der Waals surface area contributed by atoms with Gasteiger partial charge in [-0.2, -0.15) is 0 Å². The molecule has 0 aromatic heterocycles. The molecule has 9 aromatic carbocycles. The number of hydrogen-bond donors (Lipinski definition) is 0. The number of fused-ring (bicyclic) bond motifs is 5. The molecule has 9 aromatic rings. The van der Waals surface area contributed by atoms with Crippen molar-refractivity contribution >= 4 is 43.1 Å². The molecule has 220 valence electrons. The fraction of sp³-hybridized carbons (Fsp3) is 0.0213. The van der Waals surface area contributed by atoms with Gasteiger partial charge in [0.2, 0.25) is 0 Å². The van der Waals surface area contributed by atoms with Gasteiger partial charge in [-0.15, -0.1) is 0 Å². The van der Waals surface area contributed by atoms with Crippen LogP contribution in [0.4, 0.5) is 0 Å². The third kappa shape index (κ3) is 4.78.